The summed E-state index contributed by atoms with van der Waals surface area (Å²) in [6, 6.07) is 8.02. The van der Waals surface area contributed by atoms with Crippen molar-refractivity contribution >= 4 is 21.9 Å². The maximum Gasteiger partial charge on any atom is 0.223 e. The lowest BCUT2D eigenvalue weighted by Gasteiger charge is -2.13. The topological polar surface area (TPSA) is 37.8 Å². The molecule has 1 heterocycles. The van der Waals surface area contributed by atoms with E-state index in [9.17, 15) is 4.39 Å². The van der Waals surface area contributed by atoms with Crippen LogP contribution in [0.15, 0.2) is 41.1 Å². The number of hydrogen-bond donors (Lipinski definition) is 1. The SMILES string of the molecule is CC(Nc1ncc(F)cn1)c1ccc(Br)cc1. The number of halogens is 2. The Hall–Kier alpha value is -1.49. The molecule has 1 atom stereocenters. The molecule has 0 radical (unpaired) electrons. The lowest BCUT2D eigenvalue weighted by atomic mass is 10.1. The fourth-order valence-electron chi connectivity index (χ4n) is 1.42. The Kier molecular flexibility index (Phi) is 3.68. The summed E-state index contributed by atoms with van der Waals surface area (Å²) in [5, 5.41) is 3.10. The predicted octanol–water partition coefficient (Wildman–Crippen LogP) is 3.55. The molecule has 1 unspecified atom stereocenters. The van der Waals surface area contributed by atoms with E-state index in [1.54, 1.807) is 0 Å². The molecule has 0 fully saturated rings. The Morgan fingerprint density at radius 3 is 2.35 bits per heavy atom. The van der Waals surface area contributed by atoms with Crippen LogP contribution in [0.5, 0.6) is 0 Å². The van der Waals surface area contributed by atoms with Crippen LogP contribution in [0.4, 0.5) is 10.3 Å². The molecule has 5 heteroatoms. The molecule has 1 N–H and O–H groups in total. The van der Waals surface area contributed by atoms with Crippen LogP contribution in [-0.4, -0.2) is 9.97 Å². The van der Waals surface area contributed by atoms with Gasteiger partial charge in [-0.05, 0) is 24.6 Å². The van der Waals surface area contributed by atoms with Crippen molar-refractivity contribution in [2.24, 2.45) is 0 Å². The molecule has 2 rings (SSSR count). The molecule has 0 saturated heterocycles. The van der Waals surface area contributed by atoms with Crippen LogP contribution in [0.3, 0.4) is 0 Å². The number of benzene rings is 1. The Balaban J connectivity index is 2.08. The number of hydrogen-bond acceptors (Lipinski definition) is 3. The molecule has 1 aromatic heterocycles. The third-order valence-corrected chi connectivity index (χ3v) is 2.86. The molecule has 0 aliphatic heterocycles. The monoisotopic (exact) mass is 295 g/mol. The van der Waals surface area contributed by atoms with Crippen LogP contribution >= 0.6 is 15.9 Å². The average molecular weight is 296 g/mol. The van der Waals surface area contributed by atoms with E-state index in [1.165, 1.54) is 0 Å². The quantitative estimate of drug-likeness (QED) is 0.941. The average Bonchev–Trinajstić information content (AvgIpc) is 2.33. The molecule has 1 aromatic carbocycles. The van der Waals surface area contributed by atoms with Crippen molar-refractivity contribution in [2.75, 3.05) is 5.32 Å². The number of nitrogens with one attached hydrogen (secondary N) is 1. The van der Waals surface area contributed by atoms with Gasteiger partial charge in [0.25, 0.3) is 0 Å². The number of nitrogens with zero attached hydrogens (tertiary/aromatic N) is 2. The number of aromatic nitrogens is 2. The standard InChI is InChI=1S/C12H11BrFN3/c1-8(9-2-4-10(13)5-3-9)17-12-15-6-11(14)7-16-12/h2-8H,1H3,(H,15,16,17). The van der Waals surface area contributed by atoms with Crippen molar-refractivity contribution in [3.63, 3.8) is 0 Å². The highest BCUT2D eigenvalue weighted by Crippen LogP contribution is 2.19. The Morgan fingerprint density at radius 1 is 1.18 bits per heavy atom. The highest BCUT2D eigenvalue weighted by molar-refractivity contribution is 9.10. The van der Waals surface area contributed by atoms with Gasteiger partial charge < -0.3 is 5.32 Å². The van der Waals surface area contributed by atoms with E-state index in [0.29, 0.717) is 5.95 Å². The van der Waals surface area contributed by atoms with Gasteiger partial charge in [0.15, 0.2) is 5.82 Å². The van der Waals surface area contributed by atoms with E-state index in [-0.39, 0.29) is 6.04 Å². The molecule has 2 aromatic rings. The Labute approximate surface area is 107 Å². The van der Waals surface area contributed by atoms with Crippen LogP contribution in [0, 0.1) is 5.82 Å². The van der Waals surface area contributed by atoms with E-state index < -0.39 is 5.82 Å². The fourth-order valence-corrected chi connectivity index (χ4v) is 1.68. The van der Waals surface area contributed by atoms with Gasteiger partial charge in [-0.15, -0.1) is 0 Å². The first-order valence-electron chi connectivity index (χ1n) is 5.14. The van der Waals surface area contributed by atoms with Crippen LogP contribution in [-0.2, 0) is 0 Å². The minimum absolute atomic E-state index is 0.0635. The minimum atomic E-state index is -0.438. The summed E-state index contributed by atoms with van der Waals surface area (Å²) in [4.78, 5) is 7.71. The smallest absolute Gasteiger partial charge is 0.223 e. The zero-order valence-corrected chi connectivity index (χ0v) is 10.8. The summed E-state index contributed by atoms with van der Waals surface area (Å²) < 4.78 is 13.7. The van der Waals surface area contributed by atoms with Gasteiger partial charge in [-0.25, -0.2) is 14.4 Å². The second-order valence-electron chi connectivity index (χ2n) is 3.64. The van der Waals surface area contributed by atoms with E-state index >= 15 is 0 Å². The lowest BCUT2D eigenvalue weighted by molar-refractivity contribution is 0.613. The molecule has 0 aliphatic rings. The summed E-state index contributed by atoms with van der Waals surface area (Å²) in [6.07, 6.45) is 2.28. The molecule has 3 nitrogen and oxygen atoms in total. The summed E-state index contributed by atoms with van der Waals surface area (Å²) in [6.45, 7) is 2.00. The molecule has 0 amide bonds. The van der Waals surface area contributed by atoms with Gasteiger partial charge in [-0.1, -0.05) is 28.1 Å². The largest absolute Gasteiger partial charge is 0.348 e. The summed E-state index contributed by atoms with van der Waals surface area (Å²) in [5.41, 5.74) is 1.11. The summed E-state index contributed by atoms with van der Waals surface area (Å²) in [5.74, 6) is -0.0198. The van der Waals surface area contributed by atoms with Crippen molar-refractivity contribution in [2.45, 2.75) is 13.0 Å². The lowest BCUT2D eigenvalue weighted by Crippen LogP contribution is -2.09. The van der Waals surface area contributed by atoms with Gasteiger partial charge in [-0.2, -0.15) is 0 Å². The molecule has 17 heavy (non-hydrogen) atoms. The second-order valence-corrected chi connectivity index (χ2v) is 4.56. The first kappa shape index (κ1) is 12.0. The maximum atomic E-state index is 12.6. The van der Waals surface area contributed by atoms with Crippen LogP contribution < -0.4 is 5.32 Å². The summed E-state index contributed by atoms with van der Waals surface area (Å²) in [7, 11) is 0. The molecule has 0 saturated carbocycles. The van der Waals surface area contributed by atoms with Crippen LogP contribution in [0.2, 0.25) is 0 Å². The third-order valence-electron chi connectivity index (χ3n) is 2.34. The zero-order valence-electron chi connectivity index (χ0n) is 9.19. The van der Waals surface area contributed by atoms with Gasteiger partial charge in [-0.3, -0.25) is 0 Å². The van der Waals surface area contributed by atoms with Gasteiger partial charge in [0.05, 0.1) is 18.4 Å². The van der Waals surface area contributed by atoms with Gasteiger partial charge in [0, 0.05) is 4.47 Å². The van der Waals surface area contributed by atoms with Crippen molar-refractivity contribution < 1.29 is 4.39 Å². The normalized spacial score (nSPS) is 12.2. The zero-order chi connectivity index (χ0) is 12.3. The third kappa shape index (κ3) is 3.23. The van der Waals surface area contributed by atoms with E-state index in [2.05, 4.69) is 31.2 Å². The van der Waals surface area contributed by atoms with Gasteiger partial charge in [0.2, 0.25) is 5.95 Å². The summed E-state index contributed by atoms with van der Waals surface area (Å²) >= 11 is 3.38. The van der Waals surface area contributed by atoms with Crippen LogP contribution in [0.25, 0.3) is 0 Å². The molecule has 0 bridgehead atoms. The molecular formula is C12H11BrFN3. The van der Waals surface area contributed by atoms with E-state index in [4.69, 9.17) is 0 Å². The van der Waals surface area contributed by atoms with E-state index in [1.807, 2.05) is 31.2 Å². The molecule has 0 spiro atoms. The first-order valence-corrected chi connectivity index (χ1v) is 5.94. The maximum absolute atomic E-state index is 12.6. The van der Waals surface area contributed by atoms with Gasteiger partial charge in [0.1, 0.15) is 0 Å². The molecular weight excluding hydrogens is 285 g/mol. The number of rotatable bonds is 3. The fraction of sp³-hybridized carbons (Fsp3) is 0.167. The van der Waals surface area contributed by atoms with Crippen molar-refractivity contribution in [1.82, 2.24) is 9.97 Å². The second kappa shape index (κ2) is 5.23. The Morgan fingerprint density at radius 2 is 1.76 bits per heavy atom. The number of anilines is 1. The van der Waals surface area contributed by atoms with Crippen LogP contribution in [0.1, 0.15) is 18.5 Å². The highest BCUT2D eigenvalue weighted by atomic mass is 79.9. The highest BCUT2D eigenvalue weighted by Gasteiger charge is 2.06. The molecule has 0 aliphatic carbocycles. The Bertz CT molecular complexity index is 484. The predicted molar refractivity (Wildman–Crippen MR) is 68.2 cm³/mol. The van der Waals surface area contributed by atoms with E-state index in [0.717, 1.165) is 22.4 Å². The van der Waals surface area contributed by atoms with Crippen molar-refractivity contribution in [1.29, 1.82) is 0 Å². The van der Waals surface area contributed by atoms with Gasteiger partial charge >= 0.3 is 0 Å². The van der Waals surface area contributed by atoms with Crippen molar-refractivity contribution in [3.8, 4) is 0 Å². The molecule has 88 valence electrons. The van der Waals surface area contributed by atoms with Crippen molar-refractivity contribution in [3.05, 3.63) is 52.5 Å². The minimum Gasteiger partial charge on any atom is -0.348 e. The first-order chi connectivity index (χ1) is 8.15.